The molecule has 6 amide bonds. The number of fused-ring (bicyclic) bond motifs is 12. The number of anilines is 2. The Balaban J connectivity index is 0.576. The number of benzene rings is 3. The minimum atomic E-state index is -1.49. The third-order valence-electron chi connectivity index (χ3n) is 22.9. The van der Waals surface area contributed by atoms with Gasteiger partial charge in [-0.2, -0.15) is 0 Å². The smallest absolute Gasteiger partial charge is 0.429 e. The van der Waals surface area contributed by atoms with Crippen LogP contribution >= 0.6 is 0 Å². The summed E-state index contributed by atoms with van der Waals surface area (Å²) in [4.78, 5) is 122. The minimum Gasteiger partial charge on any atom is -0.429 e. The average molecular weight is 1600 g/mol. The Labute approximate surface area is 673 Å². The number of carbonyl (C=O) groups is 9. The number of ether oxygens (including phenoxy) is 11. The van der Waals surface area contributed by atoms with E-state index >= 15 is 0 Å². The maximum absolute atomic E-state index is 14.7. The van der Waals surface area contributed by atoms with Gasteiger partial charge in [0.05, 0.1) is 129 Å². The molecule has 115 heavy (non-hydrogen) atoms. The second kappa shape index (κ2) is 43.5. The van der Waals surface area contributed by atoms with Gasteiger partial charge in [-0.3, -0.25) is 33.6 Å². The van der Waals surface area contributed by atoms with Crippen molar-refractivity contribution in [1.29, 1.82) is 0 Å². The Morgan fingerprint density at radius 1 is 0.730 bits per heavy atom. The lowest BCUT2D eigenvalue weighted by Crippen LogP contribution is -2.63. The van der Waals surface area contributed by atoms with Gasteiger partial charge in [-0.1, -0.05) is 126 Å². The number of rotatable bonds is 48. The highest BCUT2D eigenvalue weighted by molar-refractivity contribution is 6.02. The van der Waals surface area contributed by atoms with Crippen LogP contribution in [-0.4, -0.2) is 216 Å². The van der Waals surface area contributed by atoms with Crippen molar-refractivity contribution in [1.82, 2.24) is 30.9 Å². The van der Waals surface area contributed by atoms with Crippen molar-refractivity contribution in [2.45, 2.75) is 181 Å². The molecule has 30 nitrogen and oxygen atoms in total. The summed E-state index contributed by atoms with van der Waals surface area (Å²) in [5, 5.41) is 32.3. The van der Waals surface area contributed by atoms with Crippen molar-refractivity contribution in [2.24, 2.45) is 46.2 Å². The number of aromatic nitrogens is 3. The zero-order valence-corrected chi connectivity index (χ0v) is 67.4. The SMILES string of the molecule is CCCCOCCOCCOCCn1nnc2c1-c1ccccc1CN(C(=O)CCC(=O)NCCOCCOCCOCCOCCC(=O)N[C@H](C(=O)C[C@@H](CCCNC(N)=O)C(=O)Nc1ccc(COC(=O)OCC(=O)[C@@]34OC(CCC)O[C@@H]3C[C@H]3[C@@H]5CCC6=CC(=O)C=C[C@]6(C)[C@H]5[C@@H](O)C[C@@]34C)cc1)C(C)C)c1ccccc1-2. The third-order valence-corrected chi connectivity index (χ3v) is 22.9. The van der Waals surface area contributed by atoms with Crippen molar-refractivity contribution in [3.63, 3.8) is 0 Å². The lowest BCUT2D eigenvalue weighted by molar-refractivity contribution is -0.200. The van der Waals surface area contributed by atoms with Gasteiger partial charge >= 0.3 is 12.2 Å². The summed E-state index contributed by atoms with van der Waals surface area (Å²) in [5.74, 6) is -3.69. The first-order chi connectivity index (χ1) is 55.6. The number of nitrogens with one attached hydrogen (secondary N) is 4. The standard InChI is InChI=1S/C85H117N9O21/c1-7-9-35-105-39-43-109-46-42-108-38-34-94-79-63-18-11-10-16-59(63)53-93(67-20-13-12-19-65(67)78(79)91-92-94)74(101)28-27-72(99)87-33-37-107-41-45-111-48-47-110-44-40-106-36-30-73(100)90-77(56(3)4)68(96)49-58(17-14-32-88-81(86)103)80(102)89-61-24-21-57(22-25-61)54-112-82(104)113-55-70(98)85-71(114-75(115-85)15-8-2)51-66-64-26-23-60-50-62(95)29-31-83(60,5)76(64)69(97)52-84(66,85)6/h10-13,16,18-22,24-25,29,31,50,56,58,64,66,69,71,75-77,97H,7-9,14-15,17,23,26-28,30,32-49,51-55H2,1-6H3,(H,87,99)(H,89,102)(H,90,100)(H3,86,88,103)/t58-,64+,66+,69+,71-,75?,76-,77+,83+,84+,85-/m1/s1. The van der Waals surface area contributed by atoms with Gasteiger partial charge in [0.2, 0.25) is 29.4 Å². The number of allylic oxidation sites excluding steroid dienone is 4. The molecule has 6 aliphatic rings. The maximum atomic E-state index is 14.7. The van der Waals surface area contributed by atoms with Gasteiger partial charge < -0.3 is 89.1 Å². The average Bonchev–Trinajstić information content (AvgIpc) is 1.52. The van der Waals surface area contributed by atoms with E-state index in [1.165, 1.54) is 0 Å². The van der Waals surface area contributed by atoms with Crippen LogP contribution in [0.4, 0.5) is 21.0 Å². The monoisotopic (exact) mass is 1600 g/mol. The topological polar surface area (TPSA) is 383 Å². The van der Waals surface area contributed by atoms with E-state index in [1.54, 1.807) is 55.2 Å². The number of Topliss-reactive ketones (excluding diaryl/α,β-unsaturated/α-hetero) is 2. The Bertz CT molecular complexity index is 4000. The largest absolute Gasteiger partial charge is 0.509 e. The Hall–Kier alpha value is -8.69. The number of hydrogen-bond acceptors (Lipinski definition) is 23. The predicted molar refractivity (Wildman–Crippen MR) is 423 cm³/mol. The van der Waals surface area contributed by atoms with Crippen LogP contribution in [0.15, 0.2) is 96.6 Å². The number of nitrogens with two attached hydrogens (primary N) is 1. The van der Waals surface area contributed by atoms with E-state index in [4.69, 9.17) is 57.8 Å². The van der Waals surface area contributed by atoms with Crippen LogP contribution in [0.1, 0.15) is 143 Å². The zero-order valence-electron chi connectivity index (χ0n) is 67.4. The van der Waals surface area contributed by atoms with E-state index in [-0.39, 0.29) is 151 Å². The van der Waals surface area contributed by atoms with Crippen molar-refractivity contribution >= 4 is 64.5 Å². The molecule has 0 bridgehead atoms. The molecule has 4 aromatic rings. The van der Waals surface area contributed by atoms with Gasteiger partial charge in [0.25, 0.3) is 0 Å². The lowest BCUT2D eigenvalue weighted by Gasteiger charge is -2.59. The number of unbranched alkanes of at least 4 members (excludes halogenated alkanes) is 1. The van der Waals surface area contributed by atoms with E-state index in [0.29, 0.717) is 101 Å². The fourth-order valence-corrected chi connectivity index (χ4v) is 17.2. The molecule has 0 radical (unpaired) electrons. The van der Waals surface area contributed by atoms with Crippen LogP contribution < -0.4 is 31.9 Å². The van der Waals surface area contributed by atoms with Crippen LogP contribution in [0.3, 0.4) is 0 Å². The number of ketones is 3. The molecule has 3 saturated carbocycles. The van der Waals surface area contributed by atoms with Gasteiger partial charge in [0, 0.05) is 84.9 Å². The molecule has 0 spiro atoms. The molecule has 7 N–H and O–H groups in total. The molecule has 628 valence electrons. The Kier molecular flexibility index (Phi) is 33.5. The van der Waals surface area contributed by atoms with Crippen LogP contribution in [-0.2, 0) is 105 Å². The number of aliphatic hydroxyl groups is 1. The van der Waals surface area contributed by atoms with Gasteiger partial charge in [-0.15, -0.1) is 5.10 Å². The number of hydrogen-bond donors (Lipinski definition) is 6. The number of aliphatic hydroxyl groups excluding tert-OH is 1. The maximum Gasteiger partial charge on any atom is 0.509 e. The van der Waals surface area contributed by atoms with E-state index in [1.807, 2.05) is 73.1 Å². The highest BCUT2D eigenvalue weighted by atomic mass is 16.8. The van der Waals surface area contributed by atoms with Crippen molar-refractivity contribution in [3.8, 4) is 22.5 Å². The van der Waals surface area contributed by atoms with E-state index in [9.17, 15) is 48.3 Å². The van der Waals surface area contributed by atoms with Gasteiger partial charge in [0.15, 0.2) is 30.1 Å². The van der Waals surface area contributed by atoms with Crippen LogP contribution in [0.2, 0.25) is 0 Å². The Morgan fingerprint density at radius 3 is 2.10 bits per heavy atom. The predicted octanol–water partition coefficient (Wildman–Crippen LogP) is 8.86. The lowest BCUT2D eigenvalue weighted by atomic mass is 9.46. The van der Waals surface area contributed by atoms with E-state index in [2.05, 4.69) is 45.4 Å². The molecule has 4 aliphatic carbocycles. The molecular weight excluding hydrogens is 1480 g/mol. The van der Waals surface area contributed by atoms with Crippen molar-refractivity contribution in [3.05, 3.63) is 108 Å². The molecule has 11 atom stereocenters. The number of amides is 6. The molecule has 2 aliphatic heterocycles. The molecule has 4 fully saturated rings. The molecule has 3 heterocycles. The fraction of sp³-hybridized carbons (Fsp3) is 0.612. The highest BCUT2D eigenvalue weighted by Crippen LogP contribution is 2.70. The first kappa shape index (κ1) is 88.7. The van der Waals surface area contributed by atoms with Crippen LogP contribution in [0, 0.1) is 40.4 Å². The number of para-hydroxylation sites is 1. The van der Waals surface area contributed by atoms with E-state index < -0.39 is 83.3 Å². The molecule has 30 heteroatoms. The van der Waals surface area contributed by atoms with E-state index in [0.717, 1.165) is 60.2 Å². The summed E-state index contributed by atoms with van der Waals surface area (Å²) in [7, 11) is 0. The fourth-order valence-electron chi connectivity index (χ4n) is 17.2. The highest BCUT2D eigenvalue weighted by Gasteiger charge is 2.76. The van der Waals surface area contributed by atoms with Gasteiger partial charge in [0.1, 0.15) is 12.3 Å². The molecular formula is C85H117N9O21. The number of nitrogens with zero attached hydrogens (tertiary/aromatic N) is 4. The summed E-state index contributed by atoms with van der Waals surface area (Å²) in [6, 6.07) is 20.3. The van der Waals surface area contributed by atoms with Gasteiger partial charge in [-0.05, 0) is 111 Å². The second-order valence-electron chi connectivity index (χ2n) is 31.1. The molecule has 10 rings (SSSR count). The zero-order chi connectivity index (χ0) is 81.9. The second-order valence-corrected chi connectivity index (χ2v) is 31.1. The number of urea groups is 1. The number of primary amides is 1. The number of carbonyl (C=O) groups excluding carboxylic acids is 9. The molecule has 1 unspecified atom stereocenters. The van der Waals surface area contributed by atoms with Crippen LogP contribution in [0.5, 0.6) is 0 Å². The first-order valence-corrected chi connectivity index (χ1v) is 40.8. The van der Waals surface area contributed by atoms with Crippen molar-refractivity contribution < 1.29 is 100 Å². The van der Waals surface area contributed by atoms with Crippen LogP contribution in [0.25, 0.3) is 22.5 Å². The molecule has 3 aromatic carbocycles. The quantitative estimate of drug-likeness (QED) is 0.0177. The van der Waals surface area contributed by atoms with Gasteiger partial charge in [-0.25, -0.2) is 14.3 Å². The molecule has 1 saturated heterocycles. The summed E-state index contributed by atoms with van der Waals surface area (Å²) in [6.07, 6.45) is 7.91. The third kappa shape index (κ3) is 23.2. The van der Waals surface area contributed by atoms with Crippen molar-refractivity contribution in [2.75, 3.05) is 122 Å². The summed E-state index contributed by atoms with van der Waals surface area (Å²) >= 11 is 0. The molecule has 1 aromatic heterocycles. The summed E-state index contributed by atoms with van der Waals surface area (Å²) in [6.45, 7) is 17.0. The summed E-state index contributed by atoms with van der Waals surface area (Å²) < 4.78 is 65.7. The normalized spacial score (nSPS) is 22.8. The Morgan fingerprint density at radius 2 is 1.40 bits per heavy atom. The first-order valence-electron chi connectivity index (χ1n) is 40.8. The summed E-state index contributed by atoms with van der Waals surface area (Å²) in [5.41, 5.74) is 9.08. The minimum absolute atomic E-state index is 0.0111.